The number of amides is 2. The molecule has 0 bridgehead atoms. The summed E-state index contributed by atoms with van der Waals surface area (Å²) in [5, 5.41) is 2.12. The number of nitrogens with one attached hydrogen (secondary N) is 2. The second-order valence-electron chi connectivity index (χ2n) is 7.35. The maximum atomic E-state index is 12.3. The van der Waals surface area contributed by atoms with Gasteiger partial charge in [-0.2, -0.15) is 0 Å². The SMILES string of the molecule is CCCCCCOc1ccc(C(=O)NNC(=O)COc2ccc3ccccc3c2)cc1Br. The third-order valence-corrected chi connectivity index (χ3v) is 5.48. The largest absolute Gasteiger partial charge is 0.492 e. The van der Waals surface area contributed by atoms with Crippen LogP contribution in [0.2, 0.25) is 0 Å². The first-order chi connectivity index (χ1) is 15.6. The van der Waals surface area contributed by atoms with Crippen LogP contribution in [0.3, 0.4) is 0 Å². The van der Waals surface area contributed by atoms with Crippen LogP contribution in [-0.4, -0.2) is 25.0 Å². The zero-order valence-electron chi connectivity index (χ0n) is 18.0. The van der Waals surface area contributed by atoms with Gasteiger partial charge in [0.25, 0.3) is 11.8 Å². The maximum absolute atomic E-state index is 12.3. The molecule has 0 saturated heterocycles. The van der Waals surface area contributed by atoms with E-state index < -0.39 is 11.8 Å². The van der Waals surface area contributed by atoms with Crippen LogP contribution in [0.5, 0.6) is 11.5 Å². The van der Waals surface area contributed by atoms with Gasteiger partial charge in [0.1, 0.15) is 11.5 Å². The molecule has 0 unspecified atom stereocenters. The Labute approximate surface area is 196 Å². The number of hydrazine groups is 1. The van der Waals surface area contributed by atoms with Gasteiger partial charge >= 0.3 is 0 Å². The van der Waals surface area contributed by atoms with E-state index in [0.29, 0.717) is 28.1 Å². The standard InChI is InChI=1S/C25H27BrN2O4/c1-2-3-4-7-14-31-23-13-11-20(16-22(23)26)25(30)28-27-24(29)17-32-21-12-10-18-8-5-6-9-19(18)15-21/h5-6,8-13,15-16H,2-4,7,14,17H2,1H3,(H,27,29)(H,28,30). The summed E-state index contributed by atoms with van der Waals surface area (Å²) >= 11 is 3.43. The molecule has 0 atom stereocenters. The van der Waals surface area contributed by atoms with Crippen LogP contribution in [0, 0.1) is 0 Å². The number of fused-ring (bicyclic) bond motifs is 1. The molecular weight excluding hydrogens is 472 g/mol. The number of benzene rings is 3. The lowest BCUT2D eigenvalue weighted by atomic mass is 10.1. The second kappa shape index (κ2) is 12.1. The van der Waals surface area contributed by atoms with Gasteiger partial charge in [-0.15, -0.1) is 0 Å². The molecule has 0 fully saturated rings. The van der Waals surface area contributed by atoms with Crippen molar-refractivity contribution in [3.05, 3.63) is 70.7 Å². The topological polar surface area (TPSA) is 76.7 Å². The Morgan fingerprint density at radius 1 is 0.875 bits per heavy atom. The number of carbonyl (C=O) groups excluding carboxylic acids is 2. The Bertz CT molecular complexity index is 1070. The minimum atomic E-state index is -0.461. The fourth-order valence-electron chi connectivity index (χ4n) is 3.11. The first kappa shape index (κ1) is 23.6. The highest BCUT2D eigenvalue weighted by Gasteiger charge is 2.11. The lowest BCUT2D eigenvalue weighted by Crippen LogP contribution is -2.43. The first-order valence-corrected chi connectivity index (χ1v) is 11.5. The number of unbranched alkanes of at least 4 members (excludes halogenated alkanes) is 3. The van der Waals surface area contributed by atoms with E-state index in [4.69, 9.17) is 9.47 Å². The van der Waals surface area contributed by atoms with Crippen molar-refractivity contribution in [3.63, 3.8) is 0 Å². The van der Waals surface area contributed by atoms with Gasteiger partial charge in [-0.25, -0.2) is 0 Å². The van der Waals surface area contributed by atoms with E-state index in [-0.39, 0.29) is 6.61 Å². The van der Waals surface area contributed by atoms with Crippen molar-refractivity contribution < 1.29 is 19.1 Å². The molecule has 0 aromatic heterocycles. The van der Waals surface area contributed by atoms with E-state index in [2.05, 4.69) is 33.7 Å². The monoisotopic (exact) mass is 498 g/mol. The van der Waals surface area contributed by atoms with Crippen molar-refractivity contribution in [2.24, 2.45) is 0 Å². The molecule has 6 nitrogen and oxygen atoms in total. The van der Waals surface area contributed by atoms with Crippen molar-refractivity contribution in [3.8, 4) is 11.5 Å². The van der Waals surface area contributed by atoms with E-state index in [1.54, 1.807) is 24.3 Å². The number of hydrogen-bond acceptors (Lipinski definition) is 4. The van der Waals surface area contributed by atoms with Crippen molar-refractivity contribution in [2.45, 2.75) is 32.6 Å². The lowest BCUT2D eigenvalue weighted by molar-refractivity contribution is -0.123. The fourth-order valence-corrected chi connectivity index (χ4v) is 3.60. The van der Waals surface area contributed by atoms with Gasteiger partial charge in [-0.05, 0) is 63.5 Å². The first-order valence-electron chi connectivity index (χ1n) is 10.7. The molecule has 0 aliphatic carbocycles. The highest BCUT2D eigenvalue weighted by molar-refractivity contribution is 9.10. The zero-order chi connectivity index (χ0) is 22.8. The predicted octanol–water partition coefficient (Wildman–Crippen LogP) is 5.40. The van der Waals surface area contributed by atoms with E-state index in [0.717, 1.165) is 23.6 Å². The number of carbonyl (C=O) groups is 2. The smallest absolute Gasteiger partial charge is 0.276 e. The Kier molecular flexibility index (Phi) is 8.92. The van der Waals surface area contributed by atoms with Crippen molar-refractivity contribution >= 4 is 38.5 Å². The summed E-state index contributed by atoms with van der Waals surface area (Å²) in [5.74, 6) is 0.377. The molecule has 32 heavy (non-hydrogen) atoms. The van der Waals surface area contributed by atoms with Gasteiger partial charge in [0.15, 0.2) is 6.61 Å². The maximum Gasteiger partial charge on any atom is 0.276 e. The van der Waals surface area contributed by atoms with E-state index in [1.807, 2.05) is 36.4 Å². The van der Waals surface area contributed by atoms with E-state index >= 15 is 0 Å². The summed E-state index contributed by atoms with van der Waals surface area (Å²) in [6, 6.07) is 18.5. The zero-order valence-corrected chi connectivity index (χ0v) is 19.6. The number of hydrogen-bond donors (Lipinski definition) is 2. The molecule has 0 aliphatic rings. The molecule has 0 spiro atoms. The Morgan fingerprint density at radius 2 is 1.69 bits per heavy atom. The molecule has 2 N–H and O–H groups in total. The summed E-state index contributed by atoms with van der Waals surface area (Å²) in [7, 11) is 0. The summed E-state index contributed by atoms with van der Waals surface area (Å²) in [6.45, 7) is 2.59. The molecule has 3 aromatic rings. The molecular formula is C25H27BrN2O4. The minimum absolute atomic E-state index is 0.215. The van der Waals surface area contributed by atoms with Gasteiger partial charge in [0.05, 0.1) is 11.1 Å². The number of halogens is 1. The third kappa shape index (κ3) is 6.99. The Morgan fingerprint density at radius 3 is 2.47 bits per heavy atom. The van der Waals surface area contributed by atoms with Crippen molar-refractivity contribution in [1.82, 2.24) is 10.9 Å². The van der Waals surface area contributed by atoms with Crippen LogP contribution in [-0.2, 0) is 4.79 Å². The van der Waals surface area contributed by atoms with Crippen molar-refractivity contribution in [2.75, 3.05) is 13.2 Å². The number of rotatable bonds is 10. The van der Waals surface area contributed by atoms with Crippen LogP contribution in [0.4, 0.5) is 0 Å². The van der Waals surface area contributed by atoms with Crippen LogP contribution in [0.1, 0.15) is 43.0 Å². The normalized spacial score (nSPS) is 10.6. The van der Waals surface area contributed by atoms with Crippen LogP contribution >= 0.6 is 15.9 Å². The van der Waals surface area contributed by atoms with Crippen LogP contribution < -0.4 is 20.3 Å². The van der Waals surface area contributed by atoms with Crippen LogP contribution in [0.25, 0.3) is 10.8 Å². The average molecular weight is 499 g/mol. The average Bonchev–Trinajstić information content (AvgIpc) is 2.81. The van der Waals surface area contributed by atoms with Gasteiger partial charge in [-0.1, -0.05) is 56.5 Å². The molecule has 168 valence electrons. The van der Waals surface area contributed by atoms with Gasteiger partial charge in [-0.3, -0.25) is 20.4 Å². The third-order valence-electron chi connectivity index (χ3n) is 4.86. The summed E-state index contributed by atoms with van der Waals surface area (Å²) in [6.07, 6.45) is 4.51. The molecule has 0 saturated carbocycles. The molecule has 0 radical (unpaired) electrons. The highest BCUT2D eigenvalue weighted by Crippen LogP contribution is 2.26. The molecule has 2 amide bonds. The highest BCUT2D eigenvalue weighted by atomic mass is 79.9. The van der Waals surface area contributed by atoms with Gasteiger partial charge in [0.2, 0.25) is 0 Å². The fraction of sp³-hybridized carbons (Fsp3) is 0.280. The van der Waals surface area contributed by atoms with Crippen molar-refractivity contribution in [1.29, 1.82) is 0 Å². The van der Waals surface area contributed by atoms with Crippen LogP contribution in [0.15, 0.2) is 65.1 Å². The quantitative estimate of drug-likeness (QED) is 0.289. The molecule has 0 aliphatic heterocycles. The molecule has 7 heteroatoms. The number of ether oxygens (including phenoxy) is 2. The molecule has 0 heterocycles. The molecule has 3 aromatic carbocycles. The predicted molar refractivity (Wildman–Crippen MR) is 129 cm³/mol. The Hall–Kier alpha value is -3.06. The second-order valence-corrected chi connectivity index (χ2v) is 8.21. The minimum Gasteiger partial charge on any atom is -0.492 e. The lowest BCUT2D eigenvalue weighted by Gasteiger charge is -2.11. The summed E-state index contributed by atoms with van der Waals surface area (Å²) < 4.78 is 12.0. The van der Waals surface area contributed by atoms with Gasteiger partial charge in [0, 0.05) is 5.56 Å². The van der Waals surface area contributed by atoms with E-state index in [9.17, 15) is 9.59 Å². The summed E-state index contributed by atoms with van der Waals surface area (Å²) in [4.78, 5) is 24.4. The molecule has 3 rings (SSSR count). The van der Waals surface area contributed by atoms with Gasteiger partial charge < -0.3 is 9.47 Å². The Balaban J connectivity index is 1.43. The van der Waals surface area contributed by atoms with E-state index in [1.165, 1.54) is 12.8 Å². The summed E-state index contributed by atoms with van der Waals surface area (Å²) in [5.41, 5.74) is 5.16.